The molecule has 5 nitrogen and oxygen atoms in total. The lowest BCUT2D eigenvalue weighted by atomic mass is 10.1. The number of amides is 1. The fraction of sp³-hybridized carbons (Fsp3) is 0.588. The van der Waals surface area contributed by atoms with Gasteiger partial charge in [-0.1, -0.05) is 18.6 Å². The van der Waals surface area contributed by atoms with E-state index >= 15 is 0 Å². The van der Waals surface area contributed by atoms with E-state index in [0.717, 1.165) is 24.8 Å². The molecular formula is C17H24F2N2O3. The van der Waals surface area contributed by atoms with Crippen LogP contribution in [0.15, 0.2) is 24.3 Å². The Labute approximate surface area is 140 Å². The number of aliphatic hydroxyl groups excluding tert-OH is 1. The molecule has 7 heteroatoms. The second-order valence-corrected chi connectivity index (χ2v) is 6.25. The van der Waals surface area contributed by atoms with E-state index in [-0.39, 0.29) is 30.2 Å². The highest BCUT2D eigenvalue weighted by Gasteiger charge is 2.26. The molecule has 2 unspecified atom stereocenters. The summed E-state index contributed by atoms with van der Waals surface area (Å²) in [5, 5.41) is 12.6. The van der Waals surface area contributed by atoms with Crippen molar-refractivity contribution >= 4 is 5.91 Å². The molecular weight excluding hydrogens is 318 g/mol. The van der Waals surface area contributed by atoms with Crippen molar-refractivity contribution in [3.63, 3.8) is 0 Å². The quantitative estimate of drug-likeness (QED) is 0.759. The van der Waals surface area contributed by atoms with E-state index < -0.39 is 6.61 Å². The summed E-state index contributed by atoms with van der Waals surface area (Å²) >= 11 is 0. The summed E-state index contributed by atoms with van der Waals surface area (Å²) in [5.41, 5.74) is 0.804. The van der Waals surface area contributed by atoms with E-state index in [1.54, 1.807) is 12.1 Å². The van der Waals surface area contributed by atoms with Crippen molar-refractivity contribution in [3.05, 3.63) is 29.8 Å². The van der Waals surface area contributed by atoms with Gasteiger partial charge in [0, 0.05) is 13.1 Å². The Hall–Kier alpha value is -1.73. The average molecular weight is 342 g/mol. The zero-order valence-corrected chi connectivity index (χ0v) is 13.8. The normalized spacial score (nSPS) is 20.6. The minimum Gasteiger partial charge on any atom is -0.435 e. The summed E-state index contributed by atoms with van der Waals surface area (Å²) in [6, 6.07) is 6.16. The molecule has 1 aromatic carbocycles. The van der Waals surface area contributed by atoms with Crippen molar-refractivity contribution in [1.29, 1.82) is 0 Å². The van der Waals surface area contributed by atoms with Gasteiger partial charge in [-0.2, -0.15) is 8.78 Å². The summed E-state index contributed by atoms with van der Waals surface area (Å²) in [6.07, 6.45) is 2.62. The van der Waals surface area contributed by atoms with E-state index in [1.165, 1.54) is 12.1 Å². The molecule has 0 radical (unpaired) electrons. The number of aliphatic hydroxyl groups is 1. The number of hydrogen-bond donors (Lipinski definition) is 2. The van der Waals surface area contributed by atoms with E-state index in [0.29, 0.717) is 13.1 Å². The number of hydrogen-bond acceptors (Lipinski definition) is 4. The van der Waals surface area contributed by atoms with Crippen molar-refractivity contribution in [2.45, 2.75) is 38.5 Å². The predicted octanol–water partition coefficient (Wildman–Crippen LogP) is 2.00. The van der Waals surface area contributed by atoms with Crippen LogP contribution in [0.3, 0.4) is 0 Å². The summed E-state index contributed by atoms with van der Waals surface area (Å²) < 4.78 is 28.4. The third-order valence-corrected chi connectivity index (χ3v) is 4.22. The Morgan fingerprint density at radius 1 is 1.38 bits per heavy atom. The smallest absolute Gasteiger partial charge is 0.387 e. The minimum absolute atomic E-state index is 0.0925. The molecule has 2 rings (SSSR count). The molecule has 0 spiro atoms. The summed E-state index contributed by atoms with van der Waals surface area (Å²) in [4.78, 5) is 13.9. The van der Waals surface area contributed by atoms with Gasteiger partial charge >= 0.3 is 6.61 Å². The van der Waals surface area contributed by atoms with Crippen molar-refractivity contribution in [2.24, 2.45) is 5.92 Å². The second-order valence-electron chi connectivity index (χ2n) is 6.25. The van der Waals surface area contributed by atoms with Crippen LogP contribution in [0.4, 0.5) is 8.78 Å². The van der Waals surface area contributed by atoms with Gasteiger partial charge in [0.2, 0.25) is 5.91 Å². The third-order valence-electron chi connectivity index (χ3n) is 4.22. The molecule has 1 aromatic rings. The van der Waals surface area contributed by atoms with E-state index in [9.17, 15) is 18.7 Å². The highest BCUT2D eigenvalue weighted by atomic mass is 19.3. The summed E-state index contributed by atoms with van der Waals surface area (Å²) in [5.74, 6) is 0.220. The molecule has 2 atom stereocenters. The Kier molecular flexibility index (Phi) is 6.93. The van der Waals surface area contributed by atoms with Crippen molar-refractivity contribution in [3.8, 4) is 5.75 Å². The minimum atomic E-state index is -2.84. The molecule has 1 aliphatic rings. The highest BCUT2D eigenvalue weighted by molar-refractivity contribution is 5.77. The van der Waals surface area contributed by atoms with Gasteiger partial charge in [-0.3, -0.25) is 9.69 Å². The Balaban J connectivity index is 1.70. The second kappa shape index (κ2) is 8.94. The molecule has 134 valence electrons. The lowest BCUT2D eigenvalue weighted by molar-refractivity contribution is -0.122. The zero-order valence-electron chi connectivity index (χ0n) is 13.8. The van der Waals surface area contributed by atoms with E-state index in [2.05, 4.69) is 10.1 Å². The van der Waals surface area contributed by atoms with Crippen LogP contribution in [0.25, 0.3) is 0 Å². The predicted molar refractivity (Wildman–Crippen MR) is 85.8 cm³/mol. The summed E-state index contributed by atoms with van der Waals surface area (Å²) in [7, 11) is 1.86. The molecule has 0 aromatic heterocycles. The largest absolute Gasteiger partial charge is 0.435 e. The van der Waals surface area contributed by atoms with Gasteiger partial charge in [0.1, 0.15) is 5.75 Å². The first-order valence-electron chi connectivity index (χ1n) is 8.11. The van der Waals surface area contributed by atoms with Crippen LogP contribution in [0.5, 0.6) is 5.75 Å². The highest BCUT2D eigenvalue weighted by Crippen LogP contribution is 2.25. The van der Waals surface area contributed by atoms with Gasteiger partial charge < -0.3 is 15.2 Å². The Bertz CT molecular complexity index is 525. The maximum Gasteiger partial charge on any atom is 0.387 e. The number of benzene rings is 1. The number of ether oxygens (including phenoxy) is 1. The van der Waals surface area contributed by atoms with E-state index in [4.69, 9.17) is 0 Å². The maximum atomic E-state index is 12.1. The fourth-order valence-electron chi connectivity index (χ4n) is 2.99. The number of carbonyl (C=O) groups excluding carboxylic acids is 1. The monoisotopic (exact) mass is 342 g/mol. The topological polar surface area (TPSA) is 61.8 Å². The standard InChI is InChI=1S/C17H24F2N2O3/c1-21(10-13-3-2-4-15(13)22)11-16(23)20-9-12-5-7-14(8-6-12)24-17(18)19/h5-8,13,15,17,22H,2-4,9-11H2,1H3,(H,20,23). The first-order chi connectivity index (χ1) is 11.4. The number of nitrogens with zero attached hydrogens (tertiary/aromatic N) is 1. The van der Waals surface area contributed by atoms with E-state index in [1.807, 2.05) is 11.9 Å². The van der Waals surface area contributed by atoms with Crippen molar-refractivity contribution in [2.75, 3.05) is 20.1 Å². The van der Waals surface area contributed by atoms with Crippen LogP contribution in [0, 0.1) is 5.92 Å². The molecule has 0 aliphatic heterocycles. The maximum absolute atomic E-state index is 12.1. The van der Waals surface area contributed by atoms with Gasteiger partial charge in [-0.25, -0.2) is 0 Å². The lowest BCUT2D eigenvalue weighted by Gasteiger charge is -2.22. The first kappa shape index (κ1) is 18.6. The van der Waals surface area contributed by atoms with Gasteiger partial charge in [0.05, 0.1) is 12.6 Å². The van der Waals surface area contributed by atoms with Crippen LogP contribution in [-0.4, -0.2) is 48.8 Å². The molecule has 1 fully saturated rings. The van der Waals surface area contributed by atoms with Gasteiger partial charge in [-0.05, 0) is 43.5 Å². The molecule has 0 bridgehead atoms. The molecule has 24 heavy (non-hydrogen) atoms. The van der Waals surface area contributed by atoms with Gasteiger partial charge in [-0.15, -0.1) is 0 Å². The number of rotatable bonds is 8. The number of nitrogens with one attached hydrogen (secondary N) is 1. The van der Waals surface area contributed by atoms with Crippen LogP contribution >= 0.6 is 0 Å². The van der Waals surface area contributed by atoms with Crippen molar-refractivity contribution in [1.82, 2.24) is 10.2 Å². The van der Waals surface area contributed by atoms with Crippen molar-refractivity contribution < 1.29 is 23.4 Å². The number of halogens is 2. The lowest BCUT2D eigenvalue weighted by Crippen LogP contribution is -2.38. The Morgan fingerprint density at radius 2 is 2.08 bits per heavy atom. The number of alkyl halides is 2. The van der Waals surface area contributed by atoms with Crippen LogP contribution in [0.1, 0.15) is 24.8 Å². The zero-order chi connectivity index (χ0) is 17.5. The molecule has 0 saturated heterocycles. The number of likely N-dealkylation sites (N-methyl/N-ethyl adjacent to an activating group) is 1. The third kappa shape index (κ3) is 6.05. The molecule has 1 amide bonds. The SMILES string of the molecule is CN(CC(=O)NCc1ccc(OC(F)F)cc1)CC1CCCC1O. The van der Waals surface area contributed by atoms with Crippen LogP contribution in [-0.2, 0) is 11.3 Å². The summed E-state index contributed by atoms with van der Waals surface area (Å²) in [6.45, 7) is -1.55. The molecule has 1 saturated carbocycles. The molecule has 0 heterocycles. The van der Waals surface area contributed by atoms with Crippen LogP contribution in [0.2, 0.25) is 0 Å². The van der Waals surface area contributed by atoms with Gasteiger partial charge in [0.15, 0.2) is 0 Å². The Morgan fingerprint density at radius 3 is 2.67 bits per heavy atom. The van der Waals surface area contributed by atoms with Crippen LogP contribution < -0.4 is 10.1 Å². The van der Waals surface area contributed by atoms with Gasteiger partial charge in [0.25, 0.3) is 0 Å². The molecule has 1 aliphatic carbocycles. The fourth-order valence-corrected chi connectivity index (χ4v) is 2.99. The molecule has 2 N–H and O–H groups in total. The number of carbonyl (C=O) groups is 1. The first-order valence-corrected chi connectivity index (χ1v) is 8.11. The average Bonchev–Trinajstić information content (AvgIpc) is 2.91.